The minimum atomic E-state index is 0.185. The lowest BCUT2D eigenvalue weighted by Crippen LogP contribution is -2.31. The molecular weight excluding hydrogens is 236 g/mol. The fourth-order valence-corrected chi connectivity index (χ4v) is 3.02. The van der Waals surface area contributed by atoms with E-state index in [9.17, 15) is 0 Å². The number of anilines is 1. The van der Waals surface area contributed by atoms with E-state index in [1.165, 1.54) is 25.7 Å². The summed E-state index contributed by atoms with van der Waals surface area (Å²) in [6.07, 6.45) is 6.89. The maximum Gasteiger partial charge on any atom is 0.134 e. The maximum absolute atomic E-state index is 5.42. The quantitative estimate of drug-likeness (QED) is 0.901. The Hall–Kier alpha value is -1.77. The van der Waals surface area contributed by atoms with Crippen LogP contribution in [0.4, 0.5) is 5.82 Å². The molecule has 0 amide bonds. The van der Waals surface area contributed by atoms with Gasteiger partial charge in [-0.1, -0.05) is 25.0 Å². The summed E-state index contributed by atoms with van der Waals surface area (Å²) < 4.78 is 5.42. The number of hydrogen-bond donors (Lipinski definition) is 1. The Morgan fingerprint density at radius 1 is 1.16 bits per heavy atom. The van der Waals surface area contributed by atoms with Crippen molar-refractivity contribution in [3.63, 3.8) is 0 Å². The van der Waals surface area contributed by atoms with E-state index in [0.717, 1.165) is 22.3 Å². The summed E-state index contributed by atoms with van der Waals surface area (Å²) in [5, 5.41) is 5.89. The van der Waals surface area contributed by atoms with Crippen LogP contribution in [0, 0.1) is 0 Å². The fraction of sp³-hybridized carbons (Fsp3) is 0.438. The summed E-state index contributed by atoms with van der Waals surface area (Å²) >= 11 is 0. The highest BCUT2D eigenvalue weighted by Gasteiger charge is 2.29. The molecular formula is C16H20N2O. The third-order valence-corrected chi connectivity index (χ3v) is 4.11. The van der Waals surface area contributed by atoms with Gasteiger partial charge in [0.05, 0.1) is 7.11 Å². The van der Waals surface area contributed by atoms with Gasteiger partial charge >= 0.3 is 0 Å². The molecule has 3 rings (SSSR count). The zero-order valence-electron chi connectivity index (χ0n) is 11.6. The summed E-state index contributed by atoms with van der Waals surface area (Å²) in [5.41, 5.74) is 0.185. The van der Waals surface area contributed by atoms with E-state index in [2.05, 4.69) is 23.3 Å². The van der Waals surface area contributed by atoms with Crippen molar-refractivity contribution in [2.75, 3.05) is 12.4 Å². The third-order valence-electron chi connectivity index (χ3n) is 4.11. The first-order chi connectivity index (χ1) is 9.22. The smallest absolute Gasteiger partial charge is 0.134 e. The van der Waals surface area contributed by atoms with Crippen LogP contribution in [0.3, 0.4) is 0 Å². The lowest BCUT2D eigenvalue weighted by Gasteiger charge is -2.26. The van der Waals surface area contributed by atoms with Gasteiger partial charge in [0.1, 0.15) is 11.6 Å². The van der Waals surface area contributed by atoms with Crippen LogP contribution >= 0.6 is 0 Å². The van der Waals surface area contributed by atoms with E-state index in [4.69, 9.17) is 4.74 Å². The Bertz CT molecular complexity index is 588. The van der Waals surface area contributed by atoms with Crippen LogP contribution in [0.25, 0.3) is 10.8 Å². The number of nitrogens with zero attached hydrogens (tertiary/aromatic N) is 1. The molecule has 3 nitrogen and oxygen atoms in total. The largest absolute Gasteiger partial charge is 0.496 e. The number of fused-ring (bicyclic) bond motifs is 1. The minimum absolute atomic E-state index is 0.185. The van der Waals surface area contributed by atoms with E-state index in [1.54, 1.807) is 7.11 Å². The summed E-state index contributed by atoms with van der Waals surface area (Å²) in [6, 6.07) is 8.12. The van der Waals surface area contributed by atoms with E-state index >= 15 is 0 Å². The lowest BCUT2D eigenvalue weighted by atomic mass is 10.00. The van der Waals surface area contributed by atoms with E-state index in [0.29, 0.717) is 0 Å². The second-order valence-corrected chi connectivity index (χ2v) is 5.61. The van der Waals surface area contributed by atoms with Crippen molar-refractivity contribution in [2.24, 2.45) is 0 Å². The van der Waals surface area contributed by atoms with Gasteiger partial charge in [0, 0.05) is 22.5 Å². The zero-order valence-corrected chi connectivity index (χ0v) is 11.6. The average Bonchev–Trinajstić information content (AvgIpc) is 2.85. The molecule has 1 aliphatic rings. The van der Waals surface area contributed by atoms with Crippen LogP contribution < -0.4 is 10.1 Å². The van der Waals surface area contributed by atoms with Crippen molar-refractivity contribution in [2.45, 2.75) is 38.1 Å². The van der Waals surface area contributed by atoms with Crippen LogP contribution in [-0.2, 0) is 0 Å². The Morgan fingerprint density at radius 2 is 1.95 bits per heavy atom. The van der Waals surface area contributed by atoms with E-state index in [-0.39, 0.29) is 5.54 Å². The third kappa shape index (κ3) is 2.25. The summed E-state index contributed by atoms with van der Waals surface area (Å²) in [5.74, 6) is 1.88. The first-order valence-corrected chi connectivity index (χ1v) is 6.92. The number of rotatable bonds is 3. The van der Waals surface area contributed by atoms with Crippen molar-refractivity contribution in [3.05, 3.63) is 30.5 Å². The fourth-order valence-electron chi connectivity index (χ4n) is 3.02. The van der Waals surface area contributed by atoms with E-state index in [1.807, 2.05) is 24.4 Å². The normalized spacial score (nSPS) is 17.6. The van der Waals surface area contributed by atoms with Gasteiger partial charge in [-0.3, -0.25) is 0 Å². The molecule has 0 spiro atoms. The molecule has 1 aromatic carbocycles. The van der Waals surface area contributed by atoms with Gasteiger partial charge in [-0.2, -0.15) is 0 Å². The van der Waals surface area contributed by atoms with Gasteiger partial charge < -0.3 is 10.1 Å². The van der Waals surface area contributed by atoms with Gasteiger partial charge in [0.25, 0.3) is 0 Å². The molecule has 0 unspecified atom stereocenters. The van der Waals surface area contributed by atoms with Crippen LogP contribution in [0.2, 0.25) is 0 Å². The molecule has 100 valence electrons. The molecule has 1 N–H and O–H groups in total. The second-order valence-electron chi connectivity index (χ2n) is 5.61. The Balaban J connectivity index is 2.04. The number of ether oxygens (including phenoxy) is 1. The standard InChI is InChI=1S/C16H20N2O/c1-16(9-3-4-10-16)18-15-13-6-5-7-14(19-2)12(13)8-11-17-15/h5-8,11H,3-4,9-10H2,1-2H3,(H,17,18). The molecule has 1 aromatic heterocycles. The molecule has 2 aromatic rings. The topological polar surface area (TPSA) is 34.1 Å². The highest BCUT2D eigenvalue weighted by Crippen LogP contribution is 2.35. The maximum atomic E-state index is 5.42. The molecule has 19 heavy (non-hydrogen) atoms. The molecule has 0 radical (unpaired) electrons. The summed E-state index contributed by atoms with van der Waals surface area (Å²) in [6.45, 7) is 2.29. The minimum Gasteiger partial charge on any atom is -0.496 e. The first kappa shape index (κ1) is 12.3. The first-order valence-electron chi connectivity index (χ1n) is 6.92. The van der Waals surface area contributed by atoms with Crippen molar-refractivity contribution in [1.82, 2.24) is 4.98 Å². The van der Waals surface area contributed by atoms with Crippen molar-refractivity contribution >= 4 is 16.6 Å². The molecule has 1 saturated carbocycles. The van der Waals surface area contributed by atoms with Gasteiger partial charge in [-0.25, -0.2) is 4.98 Å². The molecule has 1 fully saturated rings. The van der Waals surface area contributed by atoms with Crippen LogP contribution in [0.1, 0.15) is 32.6 Å². The van der Waals surface area contributed by atoms with Gasteiger partial charge in [-0.15, -0.1) is 0 Å². The Morgan fingerprint density at radius 3 is 2.68 bits per heavy atom. The number of hydrogen-bond acceptors (Lipinski definition) is 3. The number of methoxy groups -OCH3 is 1. The molecule has 1 aliphatic carbocycles. The van der Waals surface area contributed by atoms with Crippen molar-refractivity contribution in [3.8, 4) is 5.75 Å². The predicted molar refractivity (Wildman–Crippen MR) is 78.8 cm³/mol. The van der Waals surface area contributed by atoms with Crippen LogP contribution in [0.5, 0.6) is 5.75 Å². The van der Waals surface area contributed by atoms with Crippen LogP contribution in [0.15, 0.2) is 30.5 Å². The zero-order chi connectivity index (χ0) is 13.3. The Labute approximate surface area is 114 Å². The molecule has 3 heteroatoms. The van der Waals surface area contributed by atoms with Crippen molar-refractivity contribution < 1.29 is 4.74 Å². The molecule has 1 heterocycles. The summed E-state index contributed by atoms with van der Waals surface area (Å²) in [7, 11) is 1.71. The predicted octanol–water partition coefficient (Wildman–Crippen LogP) is 3.99. The highest BCUT2D eigenvalue weighted by molar-refractivity contribution is 5.96. The van der Waals surface area contributed by atoms with Gasteiger partial charge in [0.2, 0.25) is 0 Å². The number of aromatic nitrogens is 1. The second kappa shape index (κ2) is 4.72. The number of nitrogens with one attached hydrogen (secondary N) is 1. The lowest BCUT2D eigenvalue weighted by molar-refractivity contribution is 0.420. The van der Waals surface area contributed by atoms with E-state index < -0.39 is 0 Å². The molecule has 0 aliphatic heterocycles. The van der Waals surface area contributed by atoms with Gasteiger partial charge in [0.15, 0.2) is 0 Å². The highest BCUT2D eigenvalue weighted by atomic mass is 16.5. The Kier molecular flexibility index (Phi) is 3.05. The monoisotopic (exact) mass is 256 g/mol. The SMILES string of the molecule is COc1cccc2c(NC3(C)CCCC3)nccc12. The average molecular weight is 256 g/mol. The molecule has 0 saturated heterocycles. The van der Waals surface area contributed by atoms with Crippen LogP contribution in [-0.4, -0.2) is 17.6 Å². The molecule has 0 atom stereocenters. The van der Waals surface area contributed by atoms with Gasteiger partial charge in [-0.05, 0) is 31.9 Å². The number of pyridine rings is 1. The molecule has 0 bridgehead atoms. The number of benzene rings is 1. The summed E-state index contributed by atoms with van der Waals surface area (Å²) in [4.78, 5) is 4.52. The van der Waals surface area contributed by atoms with Crippen molar-refractivity contribution in [1.29, 1.82) is 0 Å².